The predicted molar refractivity (Wildman–Crippen MR) is 116 cm³/mol. The van der Waals surface area contributed by atoms with Crippen molar-refractivity contribution in [1.82, 2.24) is 9.62 Å². The summed E-state index contributed by atoms with van der Waals surface area (Å²) in [5.41, 5.74) is 0.830. The van der Waals surface area contributed by atoms with E-state index in [0.717, 1.165) is 5.56 Å². The van der Waals surface area contributed by atoms with Gasteiger partial charge < -0.3 is 4.90 Å². The molecule has 1 saturated heterocycles. The summed E-state index contributed by atoms with van der Waals surface area (Å²) < 4.78 is 27.2. The fraction of sp³-hybridized carbons (Fsp3) is 0.364. The Balaban J connectivity index is 1.70. The van der Waals surface area contributed by atoms with Gasteiger partial charge in [0.05, 0.1) is 11.3 Å². The lowest BCUT2D eigenvalue weighted by Gasteiger charge is -2.49. The molecule has 0 spiro atoms. The average Bonchev–Trinajstić information content (AvgIpc) is 2.66. The van der Waals surface area contributed by atoms with Crippen molar-refractivity contribution in [2.45, 2.75) is 50.0 Å². The number of halogens is 1. The lowest BCUT2D eigenvalue weighted by atomic mass is 9.85. The molecule has 0 saturated carbocycles. The fourth-order valence-corrected chi connectivity index (χ4v) is 4.79. The van der Waals surface area contributed by atoms with Gasteiger partial charge in [-0.3, -0.25) is 9.59 Å². The third kappa shape index (κ3) is 4.52. The highest BCUT2D eigenvalue weighted by atomic mass is 35.5. The van der Waals surface area contributed by atoms with E-state index < -0.39 is 21.5 Å². The first kappa shape index (κ1) is 22.3. The van der Waals surface area contributed by atoms with E-state index in [0.29, 0.717) is 18.9 Å². The third-order valence-electron chi connectivity index (χ3n) is 5.54. The summed E-state index contributed by atoms with van der Waals surface area (Å²) in [7, 11) is -4.08. The number of benzene rings is 2. The molecule has 0 aromatic heterocycles. The molecular formula is C22H25ClN2O4S. The van der Waals surface area contributed by atoms with Crippen molar-refractivity contribution in [3.8, 4) is 0 Å². The quantitative estimate of drug-likeness (QED) is 0.733. The van der Waals surface area contributed by atoms with Crippen molar-refractivity contribution in [2.75, 3.05) is 6.54 Å². The van der Waals surface area contributed by atoms with Crippen LogP contribution < -0.4 is 4.72 Å². The summed E-state index contributed by atoms with van der Waals surface area (Å²) in [6.45, 7) is 6.19. The lowest BCUT2D eigenvalue weighted by molar-refractivity contribution is -0.156. The van der Waals surface area contributed by atoms with E-state index >= 15 is 0 Å². The maximum Gasteiger partial charge on any atom is 0.264 e. The molecule has 0 bridgehead atoms. The number of nitrogens with zero attached hydrogens (tertiary/aromatic N) is 1. The maximum atomic E-state index is 12.8. The molecular weight excluding hydrogens is 424 g/mol. The van der Waals surface area contributed by atoms with Gasteiger partial charge in [-0.1, -0.05) is 55.8 Å². The van der Waals surface area contributed by atoms with Gasteiger partial charge in [-0.05, 0) is 48.6 Å². The molecule has 6 nitrogen and oxygen atoms in total. The second-order valence-electron chi connectivity index (χ2n) is 8.03. The Morgan fingerprint density at radius 3 is 2.37 bits per heavy atom. The number of carbonyl (C=O) groups excluding carboxylic acids is 2. The van der Waals surface area contributed by atoms with Crippen LogP contribution in [-0.2, 0) is 26.0 Å². The lowest BCUT2D eigenvalue weighted by Crippen LogP contribution is -2.68. The van der Waals surface area contributed by atoms with Gasteiger partial charge in [0, 0.05) is 11.6 Å². The number of amides is 2. The van der Waals surface area contributed by atoms with E-state index in [1.165, 1.54) is 28.7 Å². The Morgan fingerprint density at radius 1 is 1.17 bits per heavy atom. The van der Waals surface area contributed by atoms with E-state index in [1.54, 1.807) is 13.0 Å². The van der Waals surface area contributed by atoms with Gasteiger partial charge in [-0.15, -0.1) is 0 Å². The standard InChI is InChI=1S/C22H25ClN2O4S/c1-15(2)17-9-7-16(8-10-17)13-20(26)25-12-11-22(25,3)21(27)24-30(28,29)19-6-4-5-18(23)14-19/h4-10,14-15H,11-13H2,1-3H3,(H,24,27). The first-order chi connectivity index (χ1) is 14.0. The van der Waals surface area contributed by atoms with Crippen LogP contribution in [-0.4, -0.2) is 37.2 Å². The van der Waals surface area contributed by atoms with Crippen LogP contribution >= 0.6 is 11.6 Å². The van der Waals surface area contributed by atoms with E-state index in [9.17, 15) is 18.0 Å². The summed E-state index contributed by atoms with van der Waals surface area (Å²) in [4.78, 5) is 26.9. The van der Waals surface area contributed by atoms with Crippen LogP contribution in [0.3, 0.4) is 0 Å². The van der Waals surface area contributed by atoms with Crippen molar-refractivity contribution in [1.29, 1.82) is 0 Å². The summed E-state index contributed by atoms with van der Waals surface area (Å²) in [5.74, 6) is -0.535. The van der Waals surface area contributed by atoms with Crippen molar-refractivity contribution < 1.29 is 18.0 Å². The highest BCUT2D eigenvalue weighted by Crippen LogP contribution is 2.32. The fourth-order valence-electron chi connectivity index (χ4n) is 3.41. The van der Waals surface area contributed by atoms with Gasteiger partial charge in [0.1, 0.15) is 5.54 Å². The number of nitrogens with one attached hydrogen (secondary N) is 1. The van der Waals surface area contributed by atoms with Gasteiger partial charge in [-0.2, -0.15) is 0 Å². The van der Waals surface area contributed by atoms with Crippen molar-refractivity contribution in [3.63, 3.8) is 0 Å². The molecule has 1 N–H and O–H groups in total. The molecule has 2 aromatic rings. The van der Waals surface area contributed by atoms with E-state index in [4.69, 9.17) is 11.6 Å². The van der Waals surface area contributed by atoms with Crippen LogP contribution in [0.1, 0.15) is 44.2 Å². The topological polar surface area (TPSA) is 83.6 Å². The van der Waals surface area contributed by atoms with Gasteiger partial charge in [-0.25, -0.2) is 13.1 Å². The number of sulfonamides is 1. The monoisotopic (exact) mass is 448 g/mol. The van der Waals surface area contributed by atoms with Crippen molar-refractivity contribution >= 4 is 33.4 Å². The Labute approximate surface area is 182 Å². The van der Waals surface area contributed by atoms with Gasteiger partial charge in [0.25, 0.3) is 15.9 Å². The summed E-state index contributed by atoms with van der Waals surface area (Å²) in [6, 6.07) is 13.5. The molecule has 0 radical (unpaired) electrons. The minimum Gasteiger partial charge on any atom is -0.328 e. The normalized spacial score (nSPS) is 18.8. The molecule has 1 atom stereocenters. The molecule has 1 aliphatic heterocycles. The Kier molecular flexibility index (Phi) is 6.24. The molecule has 1 fully saturated rings. The second-order valence-corrected chi connectivity index (χ2v) is 10.2. The largest absolute Gasteiger partial charge is 0.328 e. The highest BCUT2D eigenvalue weighted by Gasteiger charge is 2.50. The zero-order chi connectivity index (χ0) is 22.1. The first-order valence-electron chi connectivity index (χ1n) is 9.75. The van der Waals surface area contributed by atoms with Crippen LogP contribution in [0.5, 0.6) is 0 Å². The molecule has 1 unspecified atom stereocenters. The molecule has 2 amide bonds. The molecule has 2 aromatic carbocycles. The number of hydrogen-bond acceptors (Lipinski definition) is 4. The molecule has 3 rings (SSSR count). The Bertz CT molecular complexity index is 1070. The van der Waals surface area contributed by atoms with Crippen LogP contribution in [0.25, 0.3) is 0 Å². The van der Waals surface area contributed by atoms with Gasteiger partial charge in [0.2, 0.25) is 5.91 Å². The molecule has 1 heterocycles. The van der Waals surface area contributed by atoms with E-state index in [2.05, 4.69) is 18.6 Å². The zero-order valence-electron chi connectivity index (χ0n) is 17.2. The molecule has 30 heavy (non-hydrogen) atoms. The highest BCUT2D eigenvalue weighted by molar-refractivity contribution is 7.90. The number of rotatable bonds is 6. The molecule has 1 aliphatic rings. The second kappa shape index (κ2) is 8.40. The van der Waals surface area contributed by atoms with Crippen LogP contribution in [0, 0.1) is 0 Å². The van der Waals surface area contributed by atoms with E-state index in [1.807, 2.05) is 24.3 Å². The smallest absolute Gasteiger partial charge is 0.264 e. The summed E-state index contributed by atoms with van der Waals surface area (Å²) in [5, 5.41) is 0.250. The summed E-state index contributed by atoms with van der Waals surface area (Å²) >= 11 is 5.85. The third-order valence-corrected chi connectivity index (χ3v) is 7.11. The maximum absolute atomic E-state index is 12.8. The Hall–Kier alpha value is -2.38. The SMILES string of the molecule is CC(C)c1ccc(CC(=O)N2CCC2(C)C(=O)NS(=O)(=O)c2cccc(Cl)c2)cc1. The van der Waals surface area contributed by atoms with Crippen molar-refractivity contribution in [2.24, 2.45) is 0 Å². The van der Waals surface area contributed by atoms with Gasteiger partial charge in [0.15, 0.2) is 0 Å². The van der Waals surface area contributed by atoms with Crippen LogP contribution in [0.4, 0.5) is 0 Å². The minimum absolute atomic E-state index is 0.102. The summed E-state index contributed by atoms with van der Waals surface area (Å²) in [6.07, 6.45) is 0.546. The predicted octanol–water partition coefficient (Wildman–Crippen LogP) is 3.50. The molecule has 8 heteroatoms. The first-order valence-corrected chi connectivity index (χ1v) is 11.6. The molecule has 160 valence electrons. The minimum atomic E-state index is -4.08. The van der Waals surface area contributed by atoms with Gasteiger partial charge >= 0.3 is 0 Å². The number of carbonyl (C=O) groups is 2. The Morgan fingerprint density at radius 2 is 1.83 bits per heavy atom. The number of hydrogen-bond donors (Lipinski definition) is 1. The van der Waals surface area contributed by atoms with Crippen LogP contribution in [0.2, 0.25) is 5.02 Å². The van der Waals surface area contributed by atoms with E-state index in [-0.39, 0.29) is 22.2 Å². The average molecular weight is 449 g/mol. The van der Waals surface area contributed by atoms with Crippen LogP contribution in [0.15, 0.2) is 53.4 Å². The molecule has 0 aliphatic carbocycles. The van der Waals surface area contributed by atoms with Crippen molar-refractivity contribution in [3.05, 3.63) is 64.7 Å². The number of likely N-dealkylation sites (tertiary alicyclic amines) is 1. The zero-order valence-corrected chi connectivity index (χ0v) is 18.8.